The molecule has 26 heavy (non-hydrogen) atoms. The van der Waals surface area contributed by atoms with Gasteiger partial charge in [0.25, 0.3) is 0 Å². The number of anilines is 1. The molecule has 0 aliphatic carbocycles. The molecule has 0 bridgehead atoms. The molecule has 2 aromatic carbocycles. The lowest BCUT2D eigenvalue weighted by Crippen LogP contribution is -2.01. The normalized spacial score (nSPS) is 10.7. The van der Waals surface area contributed by atoms with Crippen molar-refractivity contribution in [3.63, 3.8) is 0 Å². The molecular formula is C21H17ClN4. The summed E-state index contributed by atoms with van der Waals surface area (Å²) in [4.78, 5) is 4.42. The third kappa shape index (κ3) is 3.60. The fourth-order valence-electron chi connectivity index (χ4n) is 2.85. The van der Waals surface area contributed by atoms with Crippen LogP contribution in [-0.2, 0) is 6.54 Å². The first-order chi connectivity index (χ1) is 12.8. The predicted molar refractivity (Wildman–Crippen MR) is 106 cm³/mol. The summed E-state index contributed by atoms with van der Waals surface area (Å²) in [7, 11) is 0. The lowest BCUT2D eigenvalue weighted by atomic mass is 10.0. The van der Waals surface area contributed by atoms with E-state index in [0.717, 1.165) is 34.7 Å². The smallest absolute Gasteiger partial charge is 0.126 e. The molecule has 2 N–H and O–H groups in total. The minimum Gasteiger partial charge on any atom is -0.366 e. The van der Waals surface area contributed by atoms with E-state index in [-0.39, 0.29) is 0 Å². The van der Waals surface area contributed by atoms with Crippen molar-refractivity contribution in [2.24, 2.45) is 0 Å². The summed E-state index contributed by atoms with van der Waals surface area (Å²) in [6.45, 7) is 0.726. The van der Waals surface area contributed by atoms with Gasteiger partial charge in [0.05, 0.1) is 5.69 Å². The number of pyridine rings is 1. The average Bonchev–Trinajstić information content (AvgIpc) is 3.17. The fourth-order valence-corrected chi connectivity index (χ4v) is 3.04. The molecule has 0 atom stereocenters. The van der Waals surface area contributed by atoms with E-state index in [4.69, 9.17) is 11.6 Å². The van der Waals surface area contributed by atoms with Gasteiger partial charge in [0.2, 0.25) is 0 Å². The van der Waals surface area contributed by atoms with E-state index in [9.17, 15) is 0 Å². The molecule has 0 fully saturated rings. The van der Waals surface area contributed by atoms with E-state index in [2.05, 4.69) is 32.6 Å². The first-order valence-corrected chi connectivity index (χ1v) is 8.71. The van der Waals surface area contributed by atoms with Crippen molar-refractivity contribution in [3.05, 3.63) is 89.7 Å². The number of nitrogens with zero attached hydrogens (tertiary/aromatic N) is 2. The van der Waals surface area contributed by atoms with E-state index in [1.54, 1.807) is 6.20 Å². The van der Waals surface area contributed by atoms with Gasteiger partial charge in [-0.2, -0.15) is 5.10 Å². The van der Waals surface area contributed by atoms with Gasteiger partial charge in [0, 0.05) is 35.1 Å². The Bertz CT molecular complexity index is 1010. The second-order valence-corrected chi connectivity index (χ2v) is 6.36. The average molecular weight is 361 g/mol. The van der Waals surface area contributed by atoms with Crippen molar-refractivity contribution in [3.8, 4) is 22.4 Å². The van der Waals surface area contributed by atoms with Crippen molar-refractivity contribution in [2.45, 2.75) is 6.54 Å². The van der Waals surface area contributed by atoms with Gasteiger partial charge in [-0.15, -0.1) is 0 Å². The Hall–Kier alpha value is -3.11. The van der Waals surface area contributed by atoms with Crippen molar-refractivity contribution in [1.82, 2.24) is 15.2 Å². The topological polar surface area (TPSA) is 53.6 Å². The van der Waals surface area contributed by atoms with Crippen LogP contribution < -0.4 is 5.32 Å². The monoisotopic (exact) mass is 360 g/mol. The van der Waals surface area contributed by atoms with Crippen molar-refractivity contribution in [2.75, 3.05) is 5.32 Å². The summed E-state index contributed by atoms with van der Waals surface area (Å²) >= 11 is 6.13. The van der Waals surface area contributed by atoms with Crippen LogP contribution in [0.3, 0.4) is 0 Å². The first-order valence-electron chi connectivity index (χ1n) is 8.33. The van der Waals surface area contributed by atoms with Crippen LogP contribution in [0.4, 0.5) is 5.82 Å². The zero-order chi connectivity index (χ0) is 17.8. The number of halogens is 1. The SMILES string of the molecule is Clc1cccc(-c2n[nH]cc2-c2ccnc(NCc3ccccc3)c2)c1. The maximum absolute atomic E-state index is 6.13. The van der Waals surface area contributed by atoms with Gasteiger partial charge in [-0.3, -0.25) is 5.10 Å². The fraction of sp³-hybridized carbons (Fsp3) is 0.0476. The van der Waals surface area contributed by atoms with Crippen LogP contribution in [0, 0.1) is 0 Å². The molecule has 0 saturated carbocycles. The summed E-state index contributed by atoms with van der Waals surface area (Å²) < 4.78 is 0. The highest BCUT2D eigenvalue weighted by molar-refractivity contribution is 6.30. The zero-order valence-electron chi connectivity index (χ0n) is 14.0. The largest absolute Gasteiger partial charge is 0.366 e. The number of H-pyrrole nitrogens is 1. The summed E-state index contributed by atoms with van der Waals surface area (Å²) in [5.74, 6) is 0.824. The highest BCUT2D eigenvalue weighted by Gasteiger charge is 2.11. The van der Waals surface area contributed by atoms with Gasteiger partial charge in [0.15, 0.2) is 0 Å². The lowest BCUT2D eigenvalue weighted by Gasteiger charge is -2.08. The Labute approximate surface area is 156 Å². The molecule has 2 heterocycles. The Balaban J connectivity index is 1.60. The van der Waals surface area contributed by atoms with Crippen LogP contribution in [0.15, 0.2) is 79.1 Å². The second kappa shape index (κ2) is 7.42. The Morgan fingerprint density at radius 1 is 0.923 bits per heavy atom. The minimum atomic E-state index is 0.691. The van der Waals surface area contributed by atoms with E-state index in [1.807, 2.05) is 60.8 Å². The van der Waals surface area contributed by atoms with Crippen molar-refractivity contribution >= 4 is 17.4 Å². The summed E-state index contributed by atoms with van der Waals surface area (Å²) in [5.41, 5.74) is 5.11. The maximum atomic E-state index is 6.13. The summed E-state index contributed by atoms with van der Waals surface area (Å²) in [6.07, 6.45) is 3.70. The lowest BCUT2D eigenvalue weighted by molar-refractivity contribution is 1.10. The number of hydrogen-bond acceptors (Lipinski definition) is 3. The maximum Gasteiger partial charge on any atom is 0.126 e. The molecular weight excluding hydrogens is 344 g/mol. The summed E-state index contributed by atoms with van der Waals surface area (Å²) in [6, 6.07) is 22.0. The van der Waals surface area contributed by atoms with Gasteiger partial charge < -0.3 is 5.32 Å². The number of nitrogens with one attached hydrogen (secondary N) is 2. The number of aromatic nitrogens is 3. The highest BCUT2D eigenvalue weighted by atomic mass is 35.5. The van der Waals surface area contributed by atoms with Crippen LogP contribution in [0.25, 0.3) is 22.4 Å². The molecule has 0 radical (unpaired) electrons. The number of hydrogen-bond donors (Lipinski definition) is 2. The number of benzene rings is 2. The van der Waals surface area contributed by atoms with Crippen LogP contribution in [0.2, 0.25) is 5.02 Å². The molecule has 0 saturated heterocycles. The van der Waals surface area contributed by atoms with E-state index in [0.29, 0.717) is 5.02 Å². The standard InChI is InChI=1S/C21H17ClN4/c22-18-8-4-7-17(11-18)21-19(14-25-26-21)16-9-10-23-20(12-16)24-13-15-5-2-1-3-6-15/h1-12,14H,13H2,(H,23,24)(H,25,26). The third-order valence-corrected chi connectivity index (χ3v) is 4.36. The first kappa shape index (κ1) is 16.4. The van der Waals surface area contributed by atoms with E-state index in [1.165, 1.54) is 5.56 Å². The van der Waals surface area contributed by atoms with Crippen LogP contribution in [-0.4, -0.2) is 15.2 Å². The quantitative estimate of drug-likeness (QED) is 0.500. The van der Waals surface area contributed by atoms with Crippen LogP contribution in [0.1, 0.15) is 5.56 Å². The van der Waals surface area contributed by atoms with Gasteiger partial charge in [0.1, 0.15) is 5.82 Å². The molecule has 0 aliphatic heterocycles. The molecule has 4 rings (SSSR count). The molecule has 4 aromatic rings. The number of rotatable bonds is 5. The van der Waals surface area contributed by atoms with Gasteiger partial charge in [-0.1, -0.05) is 54.1 Å². The van der Waals surface area contributed by atoms with Gasteiger partial charge in [-0.05, 0) is 35.4 Å². The molecule has 0 spiro atoms. The molecule has 0 unspecified atom stereocenters. The zero-order valence-corrected chi connectivity index (χ0v) is 14.7. The van der Waals surface area contributed by atoms with Gasteiger partial charge in [-0.25, -0.2) is 4.98 Å². The minimum absolute atomic E-state index is 0.691. The molecule has 2 aromatic heterocycles. The Kier molecular flexibility index (Phi) is 4.67. The third-order valence-electron chi connectivity index (χ3n) is 4.13. The number of aromatic amines is 1. The Morgan fingerprint density at radius 2 is 1.81 bits per heavy atom. The second-order valence-electron chi connectivity index (χ2n) is 5.93. The van der Waals surface area contributed by atoms with Crippen molar-refractivity contribution in [1.29, 1.82) is 0 Å². The van der Waals surface area contributed by atoms with Crippen molar-refractivity contribution < 1.29 is 0 Å². The van der Waals surface area contributed by atoms with Crippen LogP contribution >= 0.6 is 11.6 Å². The Morgan fingerprint density at radius 3 is 2.65 bits per heavy atom. The molecule has 5 heteroatoms. The molecule has 4 nitrogen and oxygen atoms in total. The van der Waals surface area contributed by atoms with E-state index < -0.39 is 0 Å². The highest BCUT2D eigenvalue weighted by Crippen LogP contribution is 2.31. The predicted octanol–water partition coefficient (Wildman–Crippen LogP) is 5.40. The summed E-state index contributed by atoms with van der Waals surface area (Å²) in [5, 5.41) is 11.4. The molecule has 0 aliphatic rings. The van der Waals surface area contributed by atoms with Crippen LogP contribution in [0.5, 0.6) is 0 Å². The van der Waals surface area contributed by atoms with E-state index >= 15 is 0 Å². The van der Waals surface area contributed by atoms with Gasteiger partial charge >= 0.3 is 0 Å². The molecule has 128 valence electrons. The molecule has 0 amide bonds.